The van der Waals surface area contributed by atoms with Crippen LogP contribution in [0, 0.1) is 62.4 Å². The second-order valence-electron chi connectivity index (χ2n) is 17.3. The van der Waals surface area contributed by atoms with Crippen molar-refractivity contribution in [1.29, 1.82) is 0 Å². The van der Waals surface area contributed by atoms with E-state index in [1.54, 1.807) is 6.07 Å². The molecule has 302 valence electrons. The highest BCUT2D eigenvalue weighted by atomic mass is 16.6. The number of hydrogen-bond donors (Lipinski definition) is 1. The summed E-state index contributed by atoms with van der Waals surface area (Å²) in [6, 6.07) is 3.21. The third kappa shape index (κ3) is 8.94. The number of aromatic nitrogens is 2. The first-order chi connectivity index (χ1) is 26.5. The summed E-state index contributed by atoms with van der Waals surface area (Å²) in [4.78, 5) is 39.6. The summed E-state index contributed by atoms with van der Waals surface area (Å²) in [5, 5.41) is 25.8. The van der Waals surface area contributed by atoms with E-state index in [4.69, 9.17) is 24.4 Å². The van der Waals surface area contributed by atoms with Crippen molar-refractivity contribution < 1.29 is 33.4 Å². The average molecular weight is 766 g/mol. The second kappa shape index (κ2) is 18.0. The Bertz CT molecular complexity index is 1710. The number of nitrogens with one attached hydrogen (secondary N) is 1. The van der Waals surface area contributed by atoms with Gasteiger partial charge in [-0.05, 0) is 144 Å². The van der Waals surface area contributed by atoms with Gasteiger partial charge in [-0.15, -0.1) is 0 Å². The summed E-state index contributed by atoms with van der Waals surface area (Å²) in [7, 11) is 0. The summed E-state index contributed by atoms with van der Waals surface area (Å²) >= 11 is 0. The van der Waals surface area contributed by atoms with Crippen LogP contribution in [0.5, 0.6) is 0 Å². The molecule has 1 aromatic carbocycles. The largest absolute Gasteiger partial charge is 0.463 e. The van der Waals surface area contributed by atoms with E-state index >= 15 is 0 Å². The minimum absolute atomic E-state index is 0.00509. The minimum Gasteiger partial charge on any atom is -0.463 e. The van der Waals surface area contributed by atoms with E-state index in [1.165, 1.54) is 44.6 Å². The number of hydrogen-bond acceptors (Lipinski definition) is 11. The maximum atomic E-state index is 13.5. The molecule has 0 spiro atoms. The number of nitro benzene ring substituents is 1. The van der Waals surface area contributed by atoms with Crippen molar-refractivity contribution in [1.82, 2.24) is 15.6 Å². The van der Waals surface area contributed by atoms with Crippen LogP contribution in [0.25, 0.3) is 21.5 Å². The van der Waals surface area contributed by atoms with Gasteiger partial charge in [-0.3, -0.25) is 19.7 Å². The molecule has 6 rings (SSSR count). The highest BCUT2D eigenvalue weighted by Crippen LogP contribution is 2.68. The number of ether oxygens (including phenoxy) is 3. The first kappa shape index (κ1) is 40.8. The van der Waals surface area contributed by atoms with Crippen LogP contribution in [-0.2, 0) is 30.2 Å². The molecule has 4 aliphatic carbocycles. The lowest BCUT2D eigenvalue weighted by atomic mass is 9.44. The number of non-ortho nitro benzene ring substituents is 1. The fraction of sp³-hybridized carbons (Fsp3) is 0.800. The molecule has 15 heteroatoms. The molecule has 1 amide bonds. The van der Waals surface area contributed by atoms with Crippen molar-refractivity contribution in [3.05, 3.63) is 38.3 Å². The SMILES string of the molecule is C[C@H](Cc1ccc([N+](=O)[O-])c2nonc12)C(=O)N[C@@H]1CC[C@@]2(C)[C@H](CC[C@@H]3[C@@H]2CC[C@]2(C)C([C@H](C)CCC(=O)OCCOCCOCCN=[N+]=[N-])CC[C@@H]32)C1. The Morgan fingerprint density at radius 2 is 1.73 bits per heavy atom. The van der Waals surface area contributed by atoms with E-state index in [-0.39, 0.29) is 41.6 Å². The minimum atomic E-state index is -0.502. The molecule has 15 nitrogen and oxygen atoms in total. The van der Waals surface area contributed by atoms with Gasteiger partial charge in [0.1, 0.15) is 12.1 Å². The molecule has 1 unspecified atom stereocenters. The molecule has 0 saturated heterocycles. The van der Waals surface area contributed by atoms with Gasteiger partial charge in [0.25, 0.3) is 0 Å². The van der Waals surface area contributed by atoms with Gasteiger partial charge in [0.15, 0.2) is 0 Å². The number of esters is 1. The van der Waals surface area contributed by atoms with Gasteiger partial charge in [-0.1, -0.05) is 32.8 Å². The number of carbonyl (C=O) groups excluding carboxylic acids is 2. The number of azide groups is 1. The lowest BCUT2D eigenvalue weighted by Crippen LogP contribution is -2.55. The van der Waals surface area contributed by atoms with E-state index in [0.29, 0.717) is 85.5 Å². The Labute approximate surface area is 323 Å². The molecule has 4 saturated carbocycles. The maximum Gasteiger partial charge on any atom is 0.305 e. The van der Waals surface area contributed by atoms with Crippen molar-refractivity contribution in [2.75, 3.05) is 39.6 Å². The Morgan fingerprint density at radius 3 is 2.51 bits per heavy atom. The molecule has 55 heavy (non-hydrogen) atoms. The van der Waals surface area contributed by atoms with Crippen molar-refractivity contribution in [3.8, 4) is 0 Å². The van der Waals surface area contributed by atoms with Gasteiger partial charge in [0.05, 0.1) is 31.4 Å². The van der Waals surface area contributed by atoms with Crippen LogP contribution in [0.2, 0.25) is 0 Å². The zero-order valence-corrected chi connectivity index (χ0v) is 33.0. The van der Waals surface area contributed by atoms with Gasteiger partial charge in [-0.25, -0.2) is 4.63 Å². The number of carbonyl (C=O) groups is 2. The monoisotopic (exact) mass is 765 g/mol. The molecule has 4 fully saturated rings. The topological polar surface area (TPSA) is 205 Å². The van der Waals surface area contributed by atoms with Crippen LogP contribution in [-0.4, -0.2) is 72.7 Å². The van der Waals surface area contributed by atoms with Crippen molar-refractivity contribution in [2.45, 2.75) is 111 Å². The number of amides is 1. The van der Waals surface area contributed by atoms with Crippen LogP contribution in [0.4, 0.5) is 5.69 Å². The zero-order valence-electron chi connectivity index (χ0n) is 33.0. The highest BCUT2D eigenvalue weighted by Gasteiger charge is 2.60. The van der Waals surface area contributed by atoms with Crippen LogP contribution in [0.3, 0.4) is 0 Å². The van der Waals surface area contributed by atoms with E-state index < -0.39 is 4.92 Å². The first-order valence-electron chi connectivity index (χ1n) is 20.5. The molecular formula is C40H59N7O8. The van der Waals surface area contributed by atoms with Crippen LogP contribution < -0.4 is 5.32 Å². The highest BCUT2D eigenvalue weighted by molar-refractivity contribution is 5.87. The van der Waals surface area contributed by atoms with Crippen molar-refractivity contribution >= 4 is 28.6 Å². The fourth-order valence-corrected chi connectivity index (χ4v) is 11.7. The summed E-state index contributed by atoms with van der Waals surface area (Å²) < 4.78 is 21.0. The predicted octanol–water partition coefficient (Wildman–Crippen LogP) is 7.76. The molecule has 10 atom stereocenters. The number of benzene rings is 1. The van der Waals surface area contributed by atoms with Crippen LogP contribution in [0.15, 0.2) is 21.9 Å². The summed E-state index contributed by atoms with van der Waals surface area (Å²) in [6.45, 7) is 11.4. The number of nitrogens with zero attached hydrogens (tertiary/aromatic N) is 6. The molecule has 1 heterocycles. The Hall–Kier alpha value is -3.81. The molecule has 0 radical (unpaired) electrons. The number of nitro groups is 1. The third-order valence-corrected chi connectivity index (χ3v) is 14.5. The number of rotatable bonds is 18. The fourth-order valence-electron chi connectivity index (χ4n) is 11.7. The van der Waals surface area contributed by atoms with E-state index in [9.17, 15) is 19.7 Å². The van der Waals surface area contributed by atoms with Gasteiger partial charge in [0.2, 0.25) is 11.4 Å². The quantitative estimate of drug-likeness (QED) is 0.0297. The summed E-state index contributed by atoms with van der Waals surface area (Å²) in [5.41, 5.74) is 9.88. The second-order valence-corrected chi connectivity index (χ2v) is 17.3. The molecule has 1 N–H and O–H groups in total. The molecule has 1 aromatic heterocycles. The maximum absolute atomic E-state index is 13.5. The molecular weight excluding hydrogens is 706 g/mol. The summed E-state index contributed by atoms with van der Waals surface area (Å²) in [6.07, 6.45) is 12.3. The summed E-state index contributed by atoms with van der Waals surface area (Å²) in [5.74, 6) is 3.39. The Morgan fingerprint density at radius 1 is 1.00 bits per heavy atom. The molecule has 0 aliphatic heterocycles. The lowest BCUT2D eigenvalue weighted by Gasteiger charge is -2.61. The van der Waals surface area contributed by atoms with Gasteiger partial charge in [0, 0.05) is 35.9 Å². The van der Waals surface area contributed by atoms with Crippen molar-refractivity contribution in [3.63, 3.8) is 0 Å². The lowest BCUT2D eigenvalue weighted by molar-refractivity contribution is -0.383. The van der Waals surface area contributed by atoms with Crippen molar-refractivity contribution in [2.24, 2.45) is 57.4 Å². The number of fused-ring (bicyclic) bond motifs is 6. The third-order valence-electron chi connectivity index (χ3n) is 14.5. The zero-order chi connectivity index (χ0) is 39.2. The van der Waals surface area contributed by atoms with E-state index in [0.717, 1.165) is 43.4 Å². The Kier molecular flexibility index (Phi) is 13.3. The average Bonchev–Trinajstić information content (AvgIpc) is 3.80. The van der Waals surface area contributed by atoms with Gasteiger partial charge < -0.3 is 19.5 Å². The predicted molar refractivity (Wildman–Crippen MR) is 203 cm³/mol. The normalized spacial score (nSPS) is 31.0. The van der Waals surface area contributed by atoms with Gasteiger partial charge in [-0.2, -0.15) is 0 Å². The van der Waals surface area contributed by atoms with Gasteiger partial charge >= 0.3 is 11.7 Å². The van der Waals surface area contributed by atoms with Crippen LogP contribution >= 0.6 is 0 Å². The Balaban J connectivity index is 0.943. The van der Waals surface area contributed by atoms with E-state index in [2.05, 4.69) is 46.4 Å². The molecule has 0 bridgehead atoms. The molecule has 4 aliphatic rings. The first-order valence-corrected chi connectivity index (χ1v) is 20.5. The molecule has 2 aromatic rings. The smallest absolute Gasteiger partial charge is 0.305 e. The van der Waals surface area contributed by atoms with Crippen LogP contribution in [0.1, 0.15) is 104 Å². The van der Waals surface area contributed by atoms with E-state index in [1.807, 2.05) is 6.92 Å². The standard InChI is InChI=1S/C40H59N7O8/c1-25(5-12-35(48)54-22-21-53-20-19-52-18-17-42-46-41)31-9-10-32-30-8-7-28-24-29(13-15-39(28,3)33(30)14-16-40(31,32)4)43-38(49)26(2)23-27-6-11-34(47(50)51)37-36(27)44-55-45-37/h6,11,25-26,28-33H,5,7-10,12-24H2,1-4H3,(H,43,49)/t25-,26-,28-,29-,30+,31?,32+,33+,39+,40-/m1/s1.